The van der Waals surface area contributed by atoms with E-state index >= 15 is 0 Å². The molecule has 1 unspecified atom stereocenters. The van der Waals surface area contributed by atoms with Crippen molar-refractivity contribution in [2.75, 3.05) is 17.3 Å². The Hall–Kier alpha value is -3.79. The Morgan fingerprint density at radius 1 is 0.828 bits per heavy atom. The van der Waals surface area contributed by atoms with Crippen LogP contribution in [0.25, 0.3) is 10.8 Å². The molecule has 0 spiro atoms. The molecule has 0 saturated carbocycles. The van der Waals surface area contributed by atoms with E-state index in [1.165, 1.54) is 0 Å². The first-order valence-electron chi connectivity index (χ1n) is 9.56. The first kappa shape index (κ1) is 17.3. The second-order valence-corrected chi connectivity index (χ2v) is 7.08. The topological polar surface area (TPSA) is 41.6 Å². The number of nitrogens with zero attached hydrogens (tertiary/aromatic N) is 1. The summed E-state index contributed by atoms with van der Waals surface area (Å²) in [5.74, 6) is 0.769. The van der Waals surface area contributed by atoms with Gasteiger partial charge in [0.2, 0.25) is 0 Å². The zero-order chi connectivity index (χ0) is 19.8. The molecule has 0 radical (unpaired) electrons. The number of hydrogen-bond acceptors (Lipinski definition) is 3. The van der Waals surface area contributed by atoms with Crippen LogP contribution in [0.5, 0.6) is 5.75 Å². The maximum Gasteiger partial charge on any atom is 0.262 e. The number of para-hydroxylation sites is 1. The van der Waals surface area contributed by atoms with E-state index in [4.69, 9.17) is 4.74 Å². The third-order valence-corrected chi connectivity index (χ3v) is 5.35. The molecule has 142 valence electrons. The van der Waals surface area contributed by atoms with Gasteiger partial charge < -0.3 is 10.1 Å². The molecule has 4 nitrogen and oxygen atoms in total. The van der Waals surface area contributed by atoms with E-state index in [0.29, 0.717) is 5.56 Å². The van der Waals surface area contributed by atoms with Gasteiger partial charge in [0.25, 0.3) is 5.91 Å². The van der Waals surface area contributed by atoms with Gasteiger partial charge in [-0.3, -0.25) is 9.69 Å². The number of fused-ring (bicyclic) bond motifs is 2. The van der Waals surface area contributed by atoms with Crippen LogP contribution in [0.3, 0.4) is 0 Å². The number of amides is 1. The smallest absolute Gasteiger partial charge is 0.262 e. The summed E-state index contributed by atoms with van der Waals surface area (Å²) >= 11 is 0. The molecule has 0 aromatic heterocycles. The Kier molecular flexibility index (Phi) is 4.17. The highest BCUT2D eigenvalue weighted by molar-refractivity contribution is 6.14. The molecule has 29 heavy (non-hydrogen) atoms. The quantitative estimate of drug-likeness (QED) is 0.502. The van der Waals surface area contributed by atoms with Gasteiger partial charge in [-0.1, -0.05) is 54.6 Å². The maximum absolute atomic E-state index is 13.6. The molecule has 4 aromatic rings. The maximum atomic E-state index is 13.6. The Balaban J connectivity index is 1.67. The third kappa shape index (κ3) is 2.99. The van der Waals surface area contributed by atoms with Crippen LogP contribution < -0.4 is 15.0 Å². The predicted molar refractivity (Wildman–Crippen MR) is 117 cm³/mol. The fraction of sp³-hybridized carbons (Fsp3) is 0.0800. The number of carbonyl (C=O) groups excluding carboxylic acids is 1. The Morgan fingerprint density at radius 2 is 1.48 bits per heavy atom. The molecular formula is C25H20N2O2. The van der Waals surface area contributed by atoms with Crippen molar-refractivity contribution in [3.63, 3.8) is 0 Å². The number of rotatable bonds is 3. The number of methoxy groups -OCH3 is 1. The van der Waals surface area contributed by atoms with Gasteiger partial charge in [0, 0.05) is 11.4 Å². The SMILES string of the molecule is COc1ccc(C2Nc3cc4ccccc4cc3C(=O)N2c2ccccc2)cc1. The summed E-state index contributed by atoms with van der Waals surface area (Å²) in [7, 11) is 1.65. The van der Waals surface area contributed by atoms with E-state index in [9.17, 15) is 4.79 Å². The predicted octanol–water partition coefficient (Wildman–Crippen LogP) is 5.62. The fourth-order valence-electron chi connectivity index (χ4n) is 3.87. The molecule has 0 aliphatic carbocycles. The lowest BCUT2D eigenvalue weighted by Gasteiger charge is -2.38. The van der Waals surface area contributed by atoms with Crippen molar-refractivity contribution in [1.29, 1.82) is 0 Å². The number of hydrogen-bond donors (Lipinski definition) is 1. The number of ether oxygens (including phenoxy) is 1. The van der Waals surface area contributed by atoms with Crippen LogP contribution in [0.1, 0.15) is 22.1 Å². The van der Waals surface area contributed by atoms with E-state index in [1.54, 1.807) is 7.11 Å². The minimum Gasteiger partial charge on any atom is -0.497 e. The normalized spacial score (nSPS) is 15.7. The molecule has 1 aliphatic rings. The lowest BCUT2D eigenvalue weighted by molar-refractivity contribution is 0.0975. The highest BCUT2D eigenvalue weighted by atomic mass is 16.5. The lowest BCUT2D eigenvalue weighted by atomic mass is 9.99. The van der Waals surface area contributed by atoms with Crippen LogP contribution >= 0.6 is 0 Å². The molecule has 0 bridgehead atoms. The summed E-state index contributed by atoms with van der Waals surface area (Å²) in [6.45, 7) is 0. The van der Waals surface area contributed by atoms with Gasteiger partial charge in [0.15, 0.2) is 0 Å². The first-order chi connectivity index (χ1) is 14.2. The summed E-state index contributed by atoms with van der Waals surface area (Å²) < 4.78 is 5.29. The van der Waals surface area contributed by atoms with Gasteiger partial charge in [-0.25, -0.2) is 0 Å². The van der Waals surface area contributed by atoms with Gasteiger partial charge in [-0.05, 0) is 52.7 Å². The van der Waals surface area contributed by atoms with Crippen LogP contribution in [0, 0.1) is 0 Å². The highest BCUT2D eigenvalue weighted by Crippen LogP contribution is 2.38. The van der Waals surface area contributed by atoms with E-state index < -0.39 is 0 Å². The van der Waals surface area contributed by atoms with Crippen LogP contribution in [-0.4, -0.2) is 13.0 Å². The average molecular weight is 380 g/mol. The van der Waals surface area contributed by atoms with Crippen molar-refractivity contribution in [2.45, 2.75) is 6.17 Å². The van der Waals surface area contributed by atoms with Gasteiger partial charge in [0.05, 0.1) is 12.7 Å². The van der Waals surface area contributed by atoms with E-state index in [-0.39, 0.29) is 12.1 Å². The number of carbonyl (C=O) groups is 1. The second-order valence-electron chi connectivity index (χ2n) is 7.08. The zero-order valence-corrected chi connectivity index (χ0v) is 16.0. The van der Waals surface area contributed by atoms with Crippen molar-refractivity contribution in [3.8, 4) is 5.75 Å². The lowest BCUT2D eigenvalue weighted by Crippen LogP contribution is -2.43. The van der Waals surface area contributed by atoms with Crippen LogP contribution in [0.4, 0.5) is 11.4 Å². The van der Waals surface area contributed by atoms with Gasteiger partial charge in [0.1, 0.15) is 11.9 Å². The van der Waals surface area contributed by atoms with Crippen molar-refractivity contribution >= 4 is 28.1 Å². The Bertz CT molecular complexity index is 1190. The number of nitrogens with one attached hydrogen (secondary N) is 1. The van der Waals surface area contributed by atoms with Crippen LogP contribution in [-0.2, 0) is 0 Å². The molecule has 0 saturated heterocycles. The molecule has 4 aromatic carbocycles. The minimum absolute atomic E-state index is 0.0171. The van der Waals surface area contributed by atoms with E-state index in [0.717, 1.165) is 33.5 Å². The monoisotopic (exact) mass is 380 g/mol. The van der Waals surface area contributed by atoms with Crippen molar-refractivity contribution in [3.05, 3.63) is 102 Å². The first-order valence-corrected chi connectivity index (χ1v) is 9.56. The average Bonchev–Trinajstić information content (AvgIpc) is 2.78. The summed E-state index contributed by atoms with van der Waals surface area (Å²) in [6, 6.07) is 29.7. The second kappa shape index (κ2) is 6.99. The summed E-state index contributed by atoms with van der Waals surface area (Å²) in [5.41, 5.74) is 3.37. The molecule has 1 amide bonds. The fourth-order valence-corrected chi connectivity index (χ4v) is 3.87. The van der Waals surface area contributed by atoms with Crippen molar-refractivity contribution in [2.24, 2.45) is 0 Å². The van der Waals surface area contributed by atoms with Crippen molar-refractivity contribution in [1.82, 2.24) is 0 Å². The molecule has 1 aliphatic heterocycles. The van der Waals surface area contributed by atoms with Gasteiger partial charge in [-0.15, -0.1) is 0 Å². The minimum atomic E-state index is -0.315. The molecule has 1 N–H and O–H groups in total. The third-order valence-electron chi connectivity index (χ3n) is 5.35. The van der Waals surface area contributed by atoms with Crippen molar-refractivity contribution < 1.29 is 9.53 Å². The summed E-state index contributed by atoms with van der Waals surface area (Å²) in [5, 5.41) is 5.74. The molecule has 4 heteroatoms. The van der Waals surface area contributed by atoms with Gasteiger partial charge in [-0.2, -0.15) is 0 Å². The van der Waals surface area contributed by atoms with E-state index in [1.807, 2.05) is 83.8 Å². The van der Waals surface area contributed by atoms with Crippen LogP contribution in [0.15, 0.2) is 91.0 Å². The Morgan fingerprint density at radius 3 is 2.17 bits per heavy atom. The molecular weight excluding hydrogens is 360 g/mol. The largest absolute Gasteiger partial charge is 0.497 e. The van der Waals surface area contributed by atoms with E-state index in [2.05, 4.69) is 17.4 Å². The molecule has 1 atom stereocenters. The summed E-state index contributed by atoms with van der Waals surface area (Å²) in [6.07, 6.45) is -0.315. The number of benzene rings is 4. The molecule has 5 rings (SSSR count). The van der Waals surface area contributed by atoms with Gasteiger partial charge >= 0.3 is 0 Å². The zero-order valence-electron chi connectivity index (χ0n) is 16.0. The van der Waals surface area contributed by atoms with Crippen LogP contribution in [0.2, 0.25) is 0 Å². The standard InChI is InChI=1S/C25H20N2O2/c1-29-21-13-11-17(12-14-21)24-26-23-16-19-8-6-5-7-18(19)15-22(23)25(28)27(24)20-9-3-2-4-10-20/h2-16,24,26H,1H3. The molecule has 1 heterocycles. The molecule has 0 fully saturated rings. The Labute approximate surface area is 169 Å². The number of anilines is 2. The highest BCUT2D eigenvalue weighted by Gasteiger charge is 2.34. The summed E-state index contributed by atoms with van der Waals surface area (Å²) in [4.78, 5) is 15.4.